The van der Waals surface area contributed by atoms with Gasteiger partial charge in [0.1, 0.15) is 6.26 Å². The molecule has 64 valence electrons. The number of aldehydes is 1. The molecule has 0 bridgehead atoms. The molecule has 0 fully saturated rings. The first-order valence-corrected chi connectivity index (χ1v) is 3.86. The lowest BCUT2D eigenvalue weighted by Gasteiger charge is -1.97. The molecule has 0 N–H and O–H groups in total. The second-order valence-electron chi connectivity index (χ2n) is 2.54. The van der Waals surface area contributed by atoms with Crippen molar-refractivity contribution in [2.24, 2.45) is 0 Å². The summed E-state index contributed by atoms with van der Waals surface area (Å²) in [7, 11) is 0. The second-order valence-corrected chi connectivity index (χ2v) is 2.54. The summed E-state index contributed by atoms with van der Waals surface area (Å²) in [4.78, 5) is 14.6. The topological polar surface area (TPSA) is 43.1 Å². The molecule has 0 aliphatic heterocycles. The Hall–Kier alpha value is -1.90. The lowest BCUT2D eigenvalue weighted by Crippen LogP contribution is -1.85. The van der Waals surface area contributed by atoms with Crippen LogP contribution >= 0.6 is 0 Å². The van der Waals surface area contributed by atoms with Gasteiger partial charge in [-0.15, -0.1) is 0 Å². The average molecular weight is 173 g/mol. The van der Waals surface area contributed by atoms with Crippen molar-refractivity contribution < 1.29 is 9.21 Å². The summed E-state index contributed by atoms with van der Waals surface area (Å²) in [5.41, 5.74) is 1.31. The molecule has 0 atom stereocenters. The Morgan fingerprint density at radius 3 is 2.85 bits per heavy atom. The minimum Gasteiger partial charge on any atom is -0.445 e. The second kappa shape index (κ2) is 3.23. The summed E-state index contributed by atoms with van der Waals surface area (Å²) in [5, 5.41) is 0. The smallest absolute Gasteiger partial charge is 0.226 e. The van der Waals surface area contributed by atoms with Gasteiger partial charge in [-0.2, -0.15) is 0 Å². The van der Waals surface area contributed by atoms with Crippen LogP contribution in [-0.2, 0) is 0 Å². The third-order valence-corrected chi connectivity index (χ3v) is 1.75. The third kappa shape index (κ3) is 1.36. The Kier molecular flexibility index (Phi) is 1.92. The number of rotatable bonds is 2. The molecule has 2 aromatic rings. The van der Waals surface area contributed by atoms with E-state index < -0.39 is 0 Å². The van der Waals surface area contributed by atoms with Gasteiger partial charge in [0, 0.05) is 11.1 Å². The summed E-state index contributed by atoms with van der Waals surface area (Å²) >= 11 is 0. The third-order valence-electron chi connectivity index (χ3n) is 1.75. The number of benzene rings is 1. The highest BCUT2D eigenvalue weighted by Gasteiger charge is 2.06. The van der Waals surface area contributed by atoms with Crippen molar-refractivity contribution >= 4 is 6.29 Å². The van der Waals surface area contributed by atoms with Gasteiger partial charge in [-0.05, 0) is 6.07 Å². The number of carbonyl (C=O) groups excluding carboxylic acids is 1. The molecule has 0 unspecified atom stereocenters. The molecule has 13 heavy (non-hydrogen) atoms. The Balaban J connectivity index is 2.57. The molecule has 0 aliphatic rings. The van der Waals surface area contributed by atoms with E-state index in [1.54, 1.807) is 24.4 Å². The van der Waals surface area contributed by atoms with Crippen LogP contribution in [0.15, 0.2) is 41.1 Å². The molecular formula is C10H7NO2. The van der Waals surface area contributed by atoms with Crippen LogP contribution in [0, 0.1) is 0 Å². The predicted octanol–water partition coefficient (Wildman–Crippen LogP) is 2.15. The highest BCUT2D eigenvalue weighted by molar-refractivity contribution is 5.85. The van der Waals surface area contributed by atoms with Gasteiger partial charge in [0.15, 0.2) is 6.29 Å². The minimum atomic E-state index is 0.475. The van der Waals surface area contributed by atoms with Crippen molar-refractivity contribution in [1.82, 2.24) is 4.98 Å². The molecule has 1 heterocycles. The van der Waals surface area contributed by atoms with Crippen molar-refractivity contribution in [3.8, 4) is 11.5 Å². The lowest BCUT2D eigenvalue weighted by molar-refractivity contribution is 0.112. The quantitative estimate of drug-likeness (QED) is 0.653. The van der Waals surface area contributed by atoms with Crippen LogP contribution in [0.1, 0.15) is 10.4 Å². The van der Waals surface area contributed by atoms with Crippen LogP contribution in [0.5, 0.6) is 0 Å². The summed E-state index contributed by atoms with van der Waals surface area (Å²) in [6.07, 6.45) is 3.83. The highest BCUT2D eigenvalue weighted by atomic mass is 16.3. The molecule has 0 amide bonds. The van der Waals surface area contributed by atoms with Crippen molar-refractivity contribution in [2.45, 2.75) is 0 Å². The molecule has 3 nitrogen and oxygen atoms in total. The van der Waals surface area contributed by atoms with E-state index in [0.29, 0.717) is 11.5 Å². The minimum absolute atomic E-state index is 0.475. The van der Waals surface area contributed by atoms with E-state index in [0.717, 1.165) is 11.8 Å². The number of oxazole rings is 1. The zero-order valence-corrected chi connectivity index (χ0v) is 6.81. The highest BCUT2D eigenvalue weighted by Crippen LogP contribution is 2.19. The number of hydrogen-bond acceptors (Lipinski definition) is 3. The van der Waals surface area contributed by atoms with Gasteiger partial charge in [-0.3, -0.25) is 4.79 Å². The molecule has 1 aromatic carbocycles. The predicted molar refractivity (Wildman–Crippen MR) is 47.3 cm³/mol. The van der Waals surface area contributed by atoms with Crippen LogP contribution in [0.2, 0.25) is 0 Å². The maximum atomic E-state index is 10.7. The molecule has 3 heteroatoms. The zero-order valence-electron chi connectivity index (χ0n) is 6.81. The van der Waals surface area contributed by atoms with Crippen molar-refractivity contribution in [1.29, 1.82) is 0 Å². The fourth-order valence-corrected chi connectivity index (χ4v) is 1.15. The number of nitrogens with zero attached hydrogens (tertiary/aromatic N) is 1. The van der Waals surface area contributed by atoms with Crippen LogP contribution in [0.25, 0.3) is 11.5 Å². The van der Waals surface area contributed by atoms with Gasteiger partial charge in [0.05, 0.1) is 6.20 Å². The fraction of sp³-hybridized carbons (Fsp3) is 0. The largest absolute Gasteiger partial charge is 0.445 e. The summed E-state index contributed by atoms with van der Waals surface area (Å²) < 4.78 is 5.09. The SMILES string of the molecule is O=Cc1ccccc1-c1ncco1. The standard InChI is InChI=1S/C10H7NO2/c12-7-8-3-1-2-4-9(8)10-11-5-6-13-10/h1-7H. The van der Waals surface area contributed by atoms with Gasteiger partial charge in [0.25, 0.3) is 0 Å². The zero-order chi connectivity index (χ0) is 9.10. The van der Waals surface area contributed by atoms with E-state index >= 15 is 0 Å². The van der Waals surface area contributed by atoms with Gasteiger partial charge >= 0.3 is 0 Å². The number of carbonyl (C=O) groups is 1. The van der Waals surface area contributed by atoms with E-state index in [4.69, 9.17) is 4.42 Å². The molecule has 0 saturated carbocycles. The van der Waals surface area contributed by atoms with Gasteiger partial charge in [-0.25, -0.2) is 4.98 Å². The molecule has 0 radical (unpaired) electrons. The van der Waals surface area contributed by atoms with Crippen molar-refractivity contribution in [3.63, 3.8) is 0 Å². The van der Waals surface area contributed by atoms with E-state index in [-0.39, 0.29) is 0 Å². The first kappa shape index (κ1) is 7.73. The van der Waals surface area contributed by atoms with Crippen molar-refractivity contribution in [2.75, 3.05) is 0 Å². The van der Waals surface area contributed by atoms with Gasteiger partial charge < -0.3 is 4.42 Å². The van der Waals surface area contributed by atoms with E-state index in [1.807, 2.05) is 6.07 Å². The molecule has 0 saturated heterocycles. The van der Waals surface area contributed by atoms with Crippen LogP contribution in [0.3, 0.4) is 0 Å². The van der Waals surface area contributed by atoms with Gasteiger partial charge in [-0.1, -0.05) is 18.2 Å². The Morgan fingerprint density at radius 1 is 1.31 bits per heavy atom. The van der Waals surface area contributed by atoms with Crippen LogP contribution in [0.4, 0.5) is 0 Å². The van der Waals surface area contributed by atoms with Crippen molar-refractivity contribution in [3.05, 3.63) is 42.3 Å². The molecule has 0 spiro atoms. The summed E-state index contributed by atoms with van der Waals surface area (Å²) in [6.45, 7) is 0. The maximum absolute atomic E-state index is 10.7. The molecule has 0 aliphatic carbocycles. The summed E-state index contributed by atoms with van der Waals surface area (Å²) in [6, 6.07) is 7.17. The molecule has 1 aromatic heterocycles. The van der Waals surface area contributed by atoms with Gasteiger partial charge in [0.2, 0.25) is 5.89 Å². The van der Waals surface area contributed by atoms with E-state index in [2.05, 4.69) is 4.98 Å². The van der Waals surface area contributed by atoms with Crippen LogP contribution in [-0.4, -0.2) is 11.3 Å². The first-order chi connectivity index (χ1) is 6.42. The number of aromatic nitrogens is 1. The first-order valence-electron chi connectivity index (χ1n) is 3.86. The fourth-order valence-electron chi connectivity index (χ4n) is 1.15. The summed E-state index contributed by atoms with van der Waals surface area (Å²) in [5.74, 6) is 0.475. The Morgan fingerprint density at radius 2 is 2.15 bits per heavy atom. The lowest BCUT2D eigenvalue weighted by atomic mass is 10.1. The van der Waals surface area contributed by atoms with E-state index in [1.165, 1.54) is 6.26 Å². The maximum Gasteiger partial charge on any atom is 0.226 e. The average Bonchev–Trinajstić information content (AvgIpc) is 2.70. The monoisotopic (exact) mass is 173 g/mol. The number of hydrogen-bond donors (Lipinski definition) is 0. The normalized spacial score (nSPS) is 9.85. The molecule has 2 rings (SSSR count). The Labute approximate surface area is 75.0 Å². The van der Waals surface area contributed by atoms with Crippen LogP contribution < -0.4 is 0 Å². The van der Waals surface area contributed by atoms with E-state index in [9.17, 15) is 4.79 Å². The Bertz CT molecular complexity index is 407. The molecular weight excluding hydrogens is 166 g/mol.